The van der Waals surface area contributed by atoms with Gasteiger partial charge in [-0.1, -0.05) is 0 Å². The van der Waals surface area contributed by atoms with Crippen molar-refractivity contribution in [2.24, 2.45) is 0 Å². The number of nitrogens with zero attached hydrogens (tertiary/aromatic N) is 2. The topological polar surface area (TPSA) is 118 Å². The van der Waals surface area contributed by atoms with Crippen LogP contribution in [-0.2, 0) is 4.57 Å². The van der Waals surface area contributed by atoms with Gasteiger partial charge < -0.3 is 19.8 Å². The standard InChI is InChI=1S/C4H4N2.Na.H3O3P.H2O/c1-2-5-4-6-3-1;;1-4(2)3;/h1-4H;;4H,(H2,1,2,3);1H2/q;+1;;/p-1. The molecule has 0 fully saturated rings. The second-order valence-corrected chi connectivity index (χ2v) is 1.70. The van der Waals surface area contributed by atoms with Gasteiger partial charge in [0.05, 0.1) is 0 Å². The molecule has 0 bridgehead atoms. The zero-order valence-electron chi connectivity index (χ0n) is 6.47. The van der Waals surface area contributed by atoms with Crippen molar-refractivity contribution in [3.05, 3.63) is 24.8 Å². The van der Waals surface area contributed by atoms with Gasteiger partial charge in [0.15, 0.2) is 0 Å². The van der Waals surface area contributed by atoms with Crippen molar-refractivity contribution in [3.8, 4) is 0 Å². The molecule has 0 radical (unpaired) electrons. The van der Waals surface area contributed by atoms with Gasteiger partial charge >= 0.3 is 29.6 Å². The largest absolute Gasteiger partial charge is 1.00 e. The summed E-state index contributed by atoms with van der Waals surface area (Å²) in [6, 6.07) is 1.78. The summed E-state index contributed by atoms with van der Waals surface area (Å²) >= 11 is 0. The zero-order valence-corrected chi connectivity index (χ0v) is 9.47. The maximum atomic E-state index is 8.63. The molecule has 1 unspecified atom stereocenters. The molecule has 3 N–H and O–H groups in total. The van der Waals surface area contributed by atoms with E-state index < -0.39 is 8.25 Å². The van der Waals surface area contributed by atoms with E-state index in [0.29, 0.717) is 0 Å². The molecule has 64 valence electrons. The summed E-state index contributed by atoms with van der Waals surface area (Å²) in [5.74, 6) is 0. The van der Waals surface area contributed by atoms with Gasteiger partial charge in [0.1, 0.15) is 14.6 Å². The minimum absolute atomic E-state index is 0. The molecule has 1 aromatic rings. The Kier molecular flexibility index (Phi) is 20.7. The van der Waals surface area contributed by atoms with Crippen LogP contribution in [0.4, 0.5) is 0 Å². The Morgan fingerprint density at radius 1 is 1.33 bits per heavy atom. The van der Waals surface area contributed by atoms with Crippen LogP contribution in [0.2, 0.25) is 0 Å². The van der Waals surface area contributed by atoms with Crippen LogP contribution < -0.4 is 34.5 Å². The van der Waals surface area contributed by atoms with Crippen LogP contribution in [0.1, 0.15) is 0 Å². The van der Waals surface area contributed by atoms with E-state index in [1.54, 1.807) is 18.5 Å². The van der Waals surface area contributed by atoms with E-state index in [1.165, 1.54) is 6.33 Å². The molecule has 1 atom stereocenters. The summed E-state index contributed by atoms with van der Waals surface area (Å²) in [6.07, 6.45) is 4.88. The minimum Gasteiger partial charge on any atom is -0.781 e. The van der Waals surface area contributed by atoms with Gasteiger partial charge in [-0.25, -0.2) is 9.97 Å². The monoisotopic (exact) mass is 202 g/mol. The fourth-order valence-electron chi connectivity index (χ4n) is 0.253. The van der Waals surface area contributed by atoms with Crippen LogP contribution in [0.3, 0.4) is 0 Å². The third-order valence-corrected chi connectivity index (χ3v) is 0.478. The molecule has 0 aliphatic rings. The second kappa shape index (κ2) is 13.8. The normalized spacial score (nSPS) is 9.17. The average molecular weight is 202 g/mol. The van der Waals surface area contributed by atoms with Crippen molar-refractivity contribution < 1.29 is 49.4 Å². The molecular weight excluding hydrogens is 194 g/mol. The summed E-state index contributed by atoms with van der Waals surface area (Å²) < 4.78 is 8.63. The van der Waals surface area contributed by atoms with Gasteiger partial charge in [-0.05, 0) is 6.07 Å². The Balaban J connectivity index is -0.000000124. The first-order valence-corrected chi connectivity index (χ1v) is 3.60. The third-order valence-electron chi connectivity index (χ3n) is 0.478. The van der Waals surface area contributed by atoms with E-state index in [2.05, 4.69) is 9.97 Å². The van der Waals surface area contributed by atoms with Gasteiger partial charge in [-0.3, -0.25) is 0 Å². The fourth-order valence-corrected chi connectivity index (χ4v) is 0.253. The molecule has 0 aliphatic carbocycles. The molecule has 12 heavy (non-hydrogen) atoms. The van der Waals surface area contributed by atoms with Crippen LogP contribution in [0.15, 0.2) is 24.8 Å². The summed E-state index contributed by atoms with van der Waals surface area (Å²) in [5.41, 5.74) is 0. The van der Waals surface area contributed by atoms with E-state index >= 15 is 0 Å². The molecule has 0 spiro atoms. The van der Waals surface area contributed by atoms with Gasteiger partial charge in [0, 0.05) is 12.4 Å². The van der Waals surface area contributed by atoms with Gasteiger partial charge in [0.2, 0.25) is 0 Å². The number of rotatable bonds is 0. The second-order valence-electron chi connectivity index (χ2n) is 1.17. The van der Waals surface area contributed by atoms with Crippen molar-refractivity contribution >= 4 is 8.25 Å². The molecule has 1 rings (SSSR count). The summed E-state index contributed by atoms with van der Waals surface area (Å²) in [7, 11) is -3.38. The van der Waals surface area contributed by atoms with E-state index in [0.717, 1.165) is 0 Å². The molecular formula is C4H8N2NaO4P. The predicted octanol–water partition coefficient (Wildman–Crippen LogP) is -4.62. The van der Waals surface area contributed by atoms with E-state index in [1.807, 2.05) is 0 Å². The molecule has 0 aromatic carbocycles. The Morgan fingerprint density at radius 2 is 1.67 bits per heavy atom. The third kappa shape index (κ3) is 22.5. The number of aromatic nitrogens is 2. The number of hydrogen-bond acceptors (Lipinski definition) is 4. The zero-order chi connectivity index (χ0) is 7.82. The van der Waals surface area contributed by atoms with Gasteiger partial charge in [-0.2, -0.15) is 0 Å². The van der Waals surface area contributed by atoms with Crippen LogP contribution in [0.5, 0.6) is 0 Å². The maximum absolute atomic E-state index is 8.63. The minimum atomic E-state index is -3.38. The van der Waals surface area contributed by atoms with Crippen LogP contribution in [0.25, 0.3) is 0 Å². The summed E-state index contributed by atoms with van der Waals surface area (Å²) in [4.78, 5) is 23.0. The molecule has 0 saturated carbocycles. The molecule has 0 saturated heterocycles. The smallest absolute Gasteiger partial charge is 0.781 e. The van der Waals surface area contributed by atoms with Crippen LogP contribution >= 0.6 is 8.25 Å². The molecule has 0 amide bonds. The van der Waals surface area contributed by atoms with Crippen LogP contribution in [-0.4, -0.2) is 20.3 Å². The maximum Gasteiger partial charge on any atom is 1.00 e. The SMILES string of the molecule is O.O=[PH]([O-])O.[Na+].c1cncnc1. The first-order chi connectivity index (χ1) is 4.73. The molecule has 8 heteroatoms. The van der Waals surface area contributed by atoms with Crippen molar-refractivity contribution in [2.45, 2.75) is 0 Å². The van der Waals surface area contributed by atoms with Crippen molar-refractivity contribution in [3.63, 3.8) is 0 Å². The Bertz CT molecular complexity index is 157. The fraction of sp³-hybridized carbons (Fsp3) is 0. The quantitative estimate of drug-likeness (QED) is 0.335. The van der Waals surface area contributed by atoms with Crippen molar-refractivity contribution in [1.29, 1.82) is 0 Å². The Morgan fingerprint density at radius 3 is 1.75 bits per heavy atom. The van der Waals surface area contributed by atoms with Crippen LogP contribution in [0, 0.1) is 0 Å². The summed E-state index contributed by atoms with van der Waals surface area (Å²) in [6.45, 7) is 0. The van der Waals surface area contributed by atoms with Gasteiger partial charge in [-0.15, -0.1) is 0 Å². The van der Waals surface area contributed by atoms with Crippen molar-refractivity contribution in [2.75, 3.05) is 0 Å². The van der Waals surface area contributed by atoms with E-state index in [4.69, 9.17) is 14.4 Å². The molecule has 1 aromatic heterocycles. The van der Waals surface area contributed by atoms with Crippen molar-refractivity contribution in [1.82, 2.24) is 9.97 Å². The molecule has 6 nitrogen and oxygen atoms in total. The Labute approximate surface area is 92.2 Å². The van der Waals surface area contributed by atoms with E-state index in [-0.39, 0.29) is 35.0 Å². The van der Waals surface area contributed by atoms with E-state index in [9.17, 15) is 0 Å². The first-order valence-electron chi connectivity index (χ1n) is 2.33. The average Bonchev–Trinajstić information content (AvgIpc) is 1.90. The number of hydrogen-bond donors (Lipinski definition) is 1. The predicted molar refractivity (Wildman–Crippen MR) is 36.9 cm³/mol. The van der Waals surface area contributed by atoms with Gasteiger partial charge in [0.25, 0.3) is 0 Å². The molecule has 0 aliphatic heterocycles. The first kappa shape index (κ1) is 18.1. The Hall–Kier alpha value is 0.190. The molecule has 1 heterocycles. The summed E-state index contributed by atoms with van der Waals surface area (Å²) in [5, 5.41) is 0.